The molecule has 2 aromatic carbocycles. The third-order valence-corrected chi connectivity index (χ3v) is 5.16. The summed E-state index contributed by atoms with van der Waals surface area (Å²) in [5.74, 6) is -0.485. The van der Waals surface area contributed by atoms with Gasteiger partial charge in [0, 0.05) is 12.1 Å². The third kappa shape index (κ3) is 3.82. The van der Waals surface area contributed by atoms with Crippen LogP contribution in [0, 0.1) is 0 Å². The number of amides is 1. The smallest absolute Gasteiger partial charge is 0.335 e. The molecule has 1 aliphatic rings. The van der Waals surface area contributed by atoms with E-state index >= 15 is 0 Å². The summed E-state index contributed by atoms with van der Waals surface area (Å²) in [5.41, 5.74) is 0.885. The van der Waals surface area contributed by atoms with Crippen LogP contribution in [0.4, 0.5) is 0 Å². The number of nitrogens with zero attached hydrogens (tertiary/aromatic N) is 2. The lowest BCUT2D eigenvalue weighted by molar-refractivity contribution is 0.0696. The summed E-state index contributed by atoms with van der Waals surface area (Å²) in [7, 11) is 1.69. The zero-order chi connectivity index (χ0) is 20.6. The minimum absolute atomic E-state index is 0.209. The Morgan fingerprint density at radius 3 is 2.55 bits per heavy atom. The molecule has 1 aliphatic carbocycles. The predicted octanol–water partition coefficient (Wildman–Crippen LogP) is 3.98. The number of carbonyl (C=O) groups is 2. The number of nitrogens with one attached hydrogen (secondary N) is 1. The minimum Gasteiger partial charge on any atom is -0.478 e. The maximum absolute atomic E-state index is 13.0. The number of aryl methyl sites for hydroxylation is 1. The molecule has 0 aliphatic heterocycles. The fourth-order valence-electron chi connectivity index (χ4n) is 3.17. The van der Waals surface area contributed by atoms with Crippen LogP contribution in [0.25, 0.3) is 0 Å². The lowest BCUT2D eigenvalue weighted by Gasteiger charge is -2.18. The normalized spacial score (nSPS) is 14.3. The standard InChI is InChI=1S/C21H18ClN3O4/c1-25-19(29-16-4-2-3-15(22)11-16)17(12-23-25)18(26)24-21(9-10-21)14-7-5-13(6-8-14)20(27)28/h2-8,11-12H,9-10H2,1H3,(H,24,26)(H,27,28). The maximum Gasteiger partial charge on any atom is 0.335 e. The van der Waals surface area contributed by atoms with E-state index in [1.54, 1.807) is 55.6 Å². The van der Waals surface area contributed by atoms with E-state index in [9.17, 15) is 9.59 Å². The molecule has 0 radical (unpaired) electrons. The van der Waals surface area contributed by atoms with Crippen LogP contribution in [-0.2, 0) is 12.6 Å². The maximum atomic E-state index is 13.0. The van der Waals surface area contributed by atoms with Gasteiger partial charge in [-0.1, -0.05) is 29.8 Å². The third-order valence-electron chi connectivity index (χ3n) is 4.93. The van der Waals surface area contributed by atoms with Gasteiger partial charge in [0.2, 0.25) is 5.88 Å². The number of carboxylic acids is 1. The second-order valence-corrected chi connectivity index (χ2v) is 7.40. The predicted molar refractivity (Wildman–Crippen MR) is 107 cm³/mol. The number of halogens is 1. The number of ether oxygens (including phenoxy) is 1. The fraction of sp³-hybridized carbons (Fsp3) is 0.190. The van der Waals surface area contributed by atoms with Crippen molar-refractivity contribution < 1.29 is 19.4 Å². The molecule has 0 saturated heterocycles. The van der Waals surface area contributed by atoms with Crippen molar-refractivity contribution in [1.82, 2.24) is 15.1 Å². The molecule has 29 heavy (non-hydrogen) atoms. The second-order valence-electron chi connectivity index (χ2n) is 6.97. The molecular weight excluding hydrogens is 394 g/mol. The van der Waals surface area contributed by atoms with Crippen LogP contribution in [-0.4, -0.2) is 26.8 Å². The highest BCUT2D eigenvalue weighted by Crippen LogP contribution is 2.46. The minimum atomic E-state index is -0.983. The Balaban J connectivity index is 1.55. The van der Waals surface area contributed by atoms with Crippen LogP contribution in [0.15, 0.2) is 54.7 Å². The van der Waals surface area contributed by atoms with Gasteiger partial charge in [-0.3, -0.25) is 4.79 Å². The van der Waals surface area contributed by atoms with Crippen LogP contribution < -0.4 is 10.1 Å². The topological polar surface area (TPSA) is 93.5 Å². The lowest BCUT2D eigenvalue weighted by atomic mass is 10.0. The molecule has 4 rings (SSSR count). The molecule has 1 fully saturated rings. The summed E-state index contributed by atoms with van der Waals surface area (Å²) >= 11 is 6.00. The number of hydrogen-bond acceptors (Lipinski definition) is 4. The number of carbonyl (C=O) groups excluding carboxylic acids is 1. The Morgan fingerprint density at radius 2 is 1.93 bits per heavy atom. The number of aromatic carboxylic acids is 1. The zero-order valence-electron chi connectivity index (χ0n) is 15.6. The summed E-state index contributed by atoms with van der Waals surface area (Å²) < 4.78 is 7.34. The summed E-state index contributed by atoms with van der Waals surface area (Å²) in [6, 6.07) is 13.5. The van der Waals surface area contributed by atoms with Gasteiger partial charge < -0.3 is 15.2 Å². The molecule has 1 aromatic heterocycles. The van der Waals surface area contributed by atoms with Crippen LogP contribution >= 0.6 is 11.6 Å². The van der Waals surface area contributed by atoms with Crippen molar-refractivity contribution in [2.45, 2.75) is 18.4 Å². The first-order valence-corrected chi connectivity index (χ1v) is 9.37. The first-order valence-electron chi connectivity index (χ1n) is 9.00. The van der Waals surface area contributed by atoms with Crippen molar-refractivity contribution in [3.05, 3.63) is 76.4 Å². The molecule has 7 nitrogen and oxygen atoms in total. The van der Waals surface area contributed by atoms with E-state index in [1.807, 2.05) is 0 Å². The average Bonchev–Trinajstić information content (AvgIpc) is 3.39. The first kappa shape index (κ1) is 19.0. The molecule has 0 atom stereocenters. The summed E-state index contributed by atoms with van der Waals surface area (Å²) in [4.78, 5) is 24.0. The molecule has 148 valence electrons. The van der Waals surface area contributed by atoms with Gasteiger partial charge in [0.25, 0.3) is 5.91 Å². The van der Waals surface area contributed by atoms with E-state index in [4.69, 9.17) is 21.4 Å². The van der Waals surface area contributed by atoms with Crippen LogP contribution in [0.5, 0.6) is 11.6 Å². The molecule has 3 aromatic rings. The number of benzene rings is 2. The van der Waals surface area contributed by atoms with E-state index in [0.29, 0.717) is 22.2 Å². The van der Waals surface area contributed by atoms with E-state index in [-0.39, 0.29) is 11.5 Å². The van der Waals surface area contributed by atoms with Crippen LogP contribution in [0.1, 0.15) is 39.1 Å². The van der Waals surface area contributed by atoms with Gasteiger partial charge in [-0.25, -0.2) is 9.48 Å². The zero-order valence-corrected chi connectivity index (χ0v) is 16.3. The average molecular weight is 412 g/mol. The van der Waals surface area contributed by atoms with Gasteiger partial charge in [0.1, 0.15) is 11.3 Å². The van der Waals surface area contributed by atoms with Crippen LogP contribution in [0.3, 0.4) is 0 Å². The molecule has 0 spiro atoms. The molecule has 1 amide bonds. The van der Waals surface area contributed by atoms with Gasteiger partial charge in [-0.15, -0.1) is 0 Å². The lowest BCUT2D eigenvalue weighted by Crippen LogP contribution is -2.34. The molecule has 8 heteroatoms. The Morgan fingerprint density at radius 1 is 1.21 bits per heavy atom. The van der Waals surface area contributed by atoms with Crippen molar-refractivity contribution in [1.29, 1.82) is 0 Å². The van der Waals surface area contributed by atoms with E-state index < -0.39 is 11.5 Å². The second kappa shape index (κ2) is 7.25. The fourth-order valence-corrected chi connectivity index (χ4v) is 3.35. The molecule has 1 saturated carbocycles. The summed E-state index contributed by atoms with van der Waals surface area (Å²) in [6.07, 6.45) is 3.00. The number of aromatic nitrogens is 2. The van der Waals surface area contributed by atoms with Crippen molar-refractivity contribution in [3.63, 3.8) is 0 Å². The summed E-state index contributed by atoms with van der Waals surface area (Å²) in [5, 5.41) is 16.8. The van der Waals surface area contributed by atoms with Gasteiger partial charge in [0.15, 0.2) is 0 Å². The van der Waals surface area contributed by atoms with Gasteiger partial charge in [-0.2, -0.15) is 5.10 Å². The van der Waals surface area contributed by atoms with Gasteiger partial charge >= 0.3 is 5.97 Å². The Hall–Kier alpha value is -3.32. The number of hydrogen-bond donors (Lipinski definition) is 2. The molecule has 2 N–H and O–H groups in total. The Labute approximate surface area is 171 Å². The van der Waals surface area contributed by atoms with Crippen molar-refractivity contribution in [2.24, 2.45) is 7.05 Å². The quantitative estimate of drug-likeness (QED) is 0.639. The molecule has 0 bridgehead atoms. The van der Waals surface area contributed by atoms with Crippen LogP contribution in [0.2, 0.25) is 5.02 Å². The SMILES string of the molecule is Cn1ncc(C(=O)NC2(c3ccc(C(=O)O)cc3)CC2)c1Oc1cccc(Cl)c1. The van der Waals surface area contributed by atoms with E-state index in [2.05, 4.69) is 10.4 Å². The van der Waals surface area contributed by atoms with Gasteiger partial charge in [0.05, 0.1) is 17.3 Å². The van der Waals surface area contributed by atoms with E-state index in [0.717, 1.165) is 18.4 Å². The van der Waals surface area contributed by atoms with Crippen molar-refractivity contribution in [2.75, 3.05) is 0 Å². The first-order chi connectivity index (χ1) is 13.9. The molecule has 0 unspecified atom stereocenters. The molecule has 1 heterocycles. The monoisotopic (exact) mass is 411 g/mol. The van der Waals surface area contributed by atoms with Gasteiger partial charge in [-0.05, 0) is 48.7 Å². The summed E-state index contributed by atoms with van der Waals surface area (Å²) in [6.45, 7) is 0. The Bertz CT molecular complexity index is 1090. The largest absolute Gasteiger partial charge is 0.478 e. The number of rotatable bonds is 6. The molecular formula is C21H18ClN3O4. The highest BCUT2D eigenvalue weighted by Gasteiger charge is 2.46. The highest BCUT2D eigenvalue weighted by atomic mass is 35.5. The Kier molecular flexibility index (Phi) is 4.76. The van der Waals surface area contributed by atoms with E-state index in [1.165, 1.54) is 10.9 Å². The van der Waals surface area contributed by atoms with Crippen molar-refractivity contribution >= 4 is 23.5 Å². The van der Waals surface area contributed by atoms with Crippen molar-refractivity contribution in [3.8, 4) is 11.6 Å². The number of carboxylic acid groups (broad SMARTS) is 1. The highest BCUT2D eigenvalue weighted by molar-refractivity contribution is 6.30.